The van der Waals surface area contributed by atoms with Gasteiger partial charge < -0.3 is 18.9 Å². The molecular formula is C37H48O6. The van der Waals surface area contributed by atoms with E-state index in [0.29, 0.717) is 36.7 Å². The van der Waals surface area contributed by atoms with Crippen LogP contribution in [0.15, 0.2) is 72.8 Å². The van der Waals surface area contributed by atoms with Crippen molar-refractivity contribution < 1.29 is 28.5 Å². The van der Waals surface area contributed by atoms with Crippen molar-refractivity contribution in [1.29, 1.82) is 0 Å². The largest absolute Gasteiger partial charge is 0.494 e. The second-order valence-electron chi connectivity index (χ2n) is 11.0. The maximum atomic E-state index is 12.7. The fourth-order valence-electron chi connectivity index (χ4n) is 4.65. The molecule has 0 aliphatic carbocycles. The van der Waals surface area contributed by atoms with E-state index in [9.17, 15) is 9.59 Å². The Labute approximate surface area is 257 Å². The van der Waals surface area contributed by atoms with Gasteiger partial charge in [0, 0.05) is 6.61 Å². The van der Waals surface area contributed by atoms with Crippen LogP contribution in [0.2, 0.25) is 0 Å². The number of hydrogen-bond donors (Lipinski definition) is 0. The number of ether oxygens (including phenoxy) is 4. The minimum atomic E-state index is -0.421. The number of hydrogen-bond acceptors (Lipinski definition) is 6. The van der Waals surface area contributed by atoms with Crippen LogP contribution in [0.5, 0.6) is 11.5 Å². The van der Waals surface area contributed by atoms with Gasteiger partial charge in [-0.2, -0.15) is 0 Å². The van der Waals surface area contributed by atoms with Gasteiger partial charge in [-0.1, -0.05) is 89.5 Å². The van der Waals surface area contributed by atoms with Crippen molar-refractivity contribution in [2.75, 3.05) is 19.8 Å². The van der Waals surface area contributed by atoms with Crippen LogP contribution in [0.4, 0.5) is 0 Å². The topological polar surface area (TPSA) is 71.1 Å². The normalized spacial score (nSPS) is 11.6. The summed E-state index contributed by atoms with van der Waals surface area (Å²) in [5.74, 6) is 0.421. The summed E-state index contributed by atoms with van der Waals surface area (Å²) in [6, 6.07) is 21.6. The molecule has 43 heavy (non-hydrogen) atoms. The molecule has 3 rings (SSSR count). The van der Waals surface area contributed by atoms with E-state index in [2.05, 4.69) is 6.92 Å². The number of rotatable bonds is 20. The summed E-state index contributed by atoms with van der Waals surface area (Å²) in [4.78, 5) is 25.1. The third kappa shape index (κ3) is 12.6. The molecule has 0 fully saturated rings. The number of esters is 2. The Kier molecular flexibility index (Phi) is 15.4. The molecular weight excluding hydrogens is 540 g/mol. The van der Waals surface area contributed by atoms with Crippen molar-refractivity contribution in [2.24, 2.45) is 0 Å². The quantitative estimate of drug-likeness (QED) is 0.0744. The standard InChI is InChI=1S/C37H48O6/c1-4-6-7-8-9-10-11-12-13-27-41-34-22-20-33(21-23-34)37(39)43-35-24-18-31(19-25-35)30-14-16-32(17-15-30)36(38)42-29(3)28-40-26-5-2/h14-25,29H,4-13,26-28H2,1-3H3/t29-/m1/s1. The van der Waals surface area contributed by atoms with E-state index < -0.39 is 5.97 Å². The molecule has 0 aliphatic rings. The van der Waals surface area contributed by atoms with Gasteiger partial charge in [0.05, 0.1) is 24.3 Å². The second-order valence-corrected chi connectivity index (χ2v) is 11.0. The summed E-state index contributed by atoms with van der Waals surface area (Å²) in [6.07, 6.45) is 12.1. The number of benzene rings is 3. The number of carbonyl (C=O) groups is 2. The Morgan fingerprint density at radius 2 is 1.09 bits per heavy atom. The van der Waals surface area contributed by atoms with Crippen LogP contribution in [0.25, 0.3) is 11.1 Å². The van der Waals surface area contributed by atoms with E-state index in [1.165, 1.54) is 51.4 Å². The number of unbranched alkanes of at least 4 members (excludes halogenated alkanes) is 8. The van der Waals surface area contributed by atoms with E-state index in [1.807, 2.05) is 50.2 Å². The van der Waals surface area contributed by atoms with Crippen LogP contribution in [-0.2, 0) is 9.47 Å². The highest BCUT2D eigenvalue weighted by atomic mass is 16.6. The third-order valence-electron chi connectivity index (χ3n) is 7.13. The van der Waals surface area contributed by atoms with Crippen LogP contribution in [0, 0.1) is 0 Å². The van der Waals surface area contributed by atoms with Gasteiger partial charge in [0.2, 0.25) is 0 Å². The molecule has 0 saturated carbocycles. The van der Waals surface area contributed by atoms with Crippen LogP contribution < -0.4 is 9.47 Å². The molecule has 1 atom stereocenters. The van der Waals surface area contributed by atoms with E-state index in [4.69, 9.17) is 18.9 Å². The molecule has 3 aromatic carbocycles. The first-order valence-corrected chi connectivity index (χ1v) is 15.9. The molecule has 6 heteroatoms. The minimum Gasteiger partial charge on any atom is -0.494 e. The van der Waals surface area contributed by atoms with Gasteiger partial charge >= 0.3 is 11.9 Å². The Hall–Kier alpha value is -3.64. The summed E-state index contributed by atoms with van der Waals surface area (Å²) < 4.78 is 22.3. The molecule has 3 aromatic rings. The molecule has 0 bridgehead atoms. The lowest BCUT2D eigenvalue weighted by Gasteiger charge is -2.13. The zero-order valence-corrected chi connectivity index (χ0v) is 26.1. The molecule has 0 unspecified atom stereocenters. The molecule has 0 saturated heterocycles. The molecule has 0 spiro atoms. The molecule has 0 radical (unpaired) electrons. The summed E-state index contributed by atoms with van der Waals surface area (Å²) in [5.41, 5.74) is 2.83. The Bertz CT molecular complexity index is 1200. The fraction of sp³-hybridized carbons (Fsp3) is 0.459. The lowest BCUT2D eigenvalue weighted by Crippen LogP contribution is -2.20. The smallest absolute Gasteiger partial charge is 0.343 e. The second kappa shape index (κ2) is 19.5. The first-order chi connectivity index (χ1) is 21.0. The maximum Gasteiger partial charge on any atom is 0.343 e. The first kappa shape index (κ1) is 33.9. The van der Waals surface area contributed by atoms with Crippen molar-refractivity contribution in [1.82, 2.24) is 0 Å². The molecule has 0 aromatic heterocycles. The zero-order chi connectivity index (χ0) is 30.7. The minimum absolute atomic E-state index is 0.311. The van der Waals surface area contributed by atoms with Gasteiger partial charge in [0.15, 0.2) is 0 Å². The van der Waals surface area contributed by atoms with Gasteiger partial charge in [0.1, 0.15) is 17.6 Å². The molecule has 0 N–H and O–H groups in total. The maximum absolute atomic E-state index is 12.7. The molecule has 6 nitrogen and oxygen atoms in total. The van der Waals surface area contributed by atoms with Gasteiger partial charge in [-0.25, -0.2) is 9.59 Å². The predicted molar refractivity (Wildman–Crippen MR) is 172 cm³/mol. The van der Waals surface area contributed by atoms with Crippen LogP contribution in [0.1, 0.15) is 106 Å². The summed E-state index contributed by atoms with van der Waals surface area (Å²) in [5, 5.41) is 0. The number of carbonyl (C=O) groups excluding carboxylic acids is 2. The Morgan fingerprint density at radius 3 is 1.70 bits per heavy atom. The van der Waals surface area contributed by atoms with Gasteiger partial charge in [-0.05, 0) is 79.4 Å². The highest BCUT2D eigenvalue weighted by Crippen LogP contribution is 2.24. The summed E-state index contributed by atoms with van der Waals surface area (Å²) >= 11 is 0. The predicted octanol–water partition coefficient (Wildman–Crippen LogP) is 9.45. The fourth-order valence-corrected chi connectivity index (χ4v) is 4.65. The lowest BCUT2D eigenvalue weighted by molar-refractivity contribution is 0.00226. The lowest BCUT2D eigenvalue weighted by atomic mass is 10.0. The average Bonchev–Trinajstić information content (AvgIpc) is 3.03. The Balaban J connectivity index is 1.39. The van der Waals surface area contributed by atoms with Crippen molar-refractivity contribution in [3.63, 3.8) is 0 Å². The van der Waals surface area contributed by atoms with E-state index in [1.54, 1.807) is 36.4 Å². The van der Waals surface area contributed by atoms with Crippen molar-refractivity contribution in [3.8, 4) is 22.6 Å². The van der Waals surface area contributed by atoms with Crippen molar-refractivity contribution in [3.05, 3.63) is 83.9 Å². The highest BCUT2D eigenvalue weighted by molar-refractivity contribution is 5.91. The van der Waals surface area contributed by atoms with E-state index in [-0.39, 0.29) is 12.1 Å². The van der Waals surface area contributed by atoms with Crippen molar-refractivity contribution in [2.45, 2.75) is 91.1 Å². The molecule has 0 heterocycles. The van der Waals surface area contributed by atoms with E-state index >= 15 is 0 Å². The highest BCUT2D eigenvalue weighted by Gasteiger charge is 2.13. The van der Waals surface area contributed by atoms with Crippen LogP contribution >= 0.6 is 0 Å². The first-order valence-electron chi connectivity index (χ1n) is 15.9. The van der Waals surface area contributed by atoms with Crippen LogP contribution in [-0.4, -0.2) is 37.9 Å². The van der Waals surface area contributed by atoms with E-state index in [0.717, 1.165) is 29.7 Å². The van der Waals surface area contributed by atoms with Gasteiger partial charge in [-0.3, -0.25) is 0 Å². The monoisotopic (exact) mass is 588 g/mol. The summed E-state index contributed by atoms with van der Waals surface area (Å²) in [6.45, 7) is 7.82. The Morgan fingerprint density at radius 1 is 0.581 bits per heavy atom. The third-order valence-corrected chi connectivity index (χ3v) is 7.13. The molecule has 0 aliphatic heterocycles. The summed E-state index contributed by atoms with van der Waals surface area (Å²) in [7, 11) is 0. The van der Waals surface area contributed by atoms with Gasteiger partial charge in [0.25, 0.3) is 0 Å². The van der Waals surface area contributed by atoms with Crippen LogP contribution in [0.3, 0.4) is 0 Å². The molecule has 232 valence electrons. The molecule has 0 amide bonds. The average molecular weight is 589 g/mol. The zero-order valence-electron chi connectivity index (χ0n) is 26.1. The SMILES string of the molecule is CCCCCCCCCCCOc1ccc(C(=O)Oc2ccc(-c3ccc(C(=O)O[C@H](C)COCCC)cc3)cc2)cc1. The van der Waals surface area contributed by atoms with Gasteiger partial charge in [-0.15, -0.1) is 0 Å². The van der Waals surface area contributed by atoms with Crippen molar-refractivity contribution >= 4 is 11.9 Å².